The zero-order valence-electron chi connectivity index (χ0n) is 9.91. The molecule has 0 radical (unpaired) electrons. The van der Waals surface area contributed by atoms with E-state index in [0.29, 0.717) is 0 Å². The van der Waals surface area contributed by atoms with Crippen molar-refractivity contribution in [1.29, 1.82) is 0 Å². The Balaban J connectivity index is 2.09. The monoisotopic (exact) mass is 236 g/mol. The van der Waals surface area contributed by atoms with E-state index in [4.69, 9.17) is 0 Å². The van der Waals surface area contributed by atoms with Crippen LogP contribution < -0.4 is 5.32 Å². The molecule has 1 aromatic rings. The molecule has 2 nitrogen and oxygen atoms in total. The minimum atomic E-state index is 0.780. The molecule has 1 aliphatic carbocycles. The lowest BCUT2D eigenvalue weighted by Gasteiger charge is -2.24. The Morgan fingerprint density at radius 1 is 1.50 bits per heavy atom. The number of hydrogen-bond acceptors (Lipinski definition) is 3. The van der Waals surface area contributed by atoms with E-state index in [1.807, 2.05) is 12.6 Å². The third-order valence-corrected chi connectivity index (χ3v) is 3.90. The topological polar surface area (TPSA) is 24.9 Å². The molecule has 1 aliphatic rings. The first-order chi connectivity index (χ1) is 7.90. The Morgan fingerprint density at radius 3 is 2.94 bits per heavy atom. The summed E-state index contributed by atoms with van der Waals surface area (Å²) in [6.45, 7) is 1.00. The molecule has 2 rings (SSSR count). The lowest BCUT2D eigenvalue weighted by molar-refractivity contribution is 0.398. The van der Waals surface area contributed by atoms with Gasteiger partial charge in [0.1, 0.15) is 0 Å². The van der Waals surface area contributed by atoms with E-state index in [-0.39, 0.29) is 0 Å². The van der Waals surface area contributed by atoms with Crippen molar-refractivity contribution in [3.63, 3.8) is 0 Å². The van der Waals surface area contributed by atoms with Crippen molar-refractivity contribution in [3.8, 4) is 0 Å². The van der Waals surface area contributed by atoms with E-state index < -0.39 is 0 Å². The van der Waals surface area contributed by atoms with Crippen LogP contribution in [0.2, 0.25) is 0 Å². The molecule has 1 heterocycles. The fourth-order valence-electron chi connectivity index (χ4n) is 2.47. The first-order valence-corrected chi connectivity index (χ1v) is 7.07. The molecule has 16 heavy (non-hydrogen) atoms. The van der Waals surface area contributed by atoms with Gasteiger partial charge in [0.15, 0.2) is 0 Å². The SMILES string of the molecule is CNCC(=Cc1cscn1)C1CCCCC1. The van der Waals surface area contributed by atoms with Gasteiger partial charge in [-0.05, 0) is 31.9 Å². The van der Waals surface area contributed by atoms with E-state index in [0.717, 1.165) is 18.2 Å². The van der Waals surface area contributed by atoms with E-state index in [9.17, 15) is 0 Å². The van der Waals surface area contributed by atoms with Gasteiger partial charge in [-0.15, -0.1) is 11.3 Å². The van der Waals surface area contributed by atoms with Crippen LogP contribution in [0.15, 0.2) is 16.5 Å². The smallest absolute Gasteiger partial charge is 0.0798 e. The molecule has 0 unspecified atom stereocenters. The predicted octanol–water partition coefficient (Wildman–Crippen LogP) is 3.33. The van der Waals surface area contributed by atoms with Gasteiger partial charge < -0.3 is 5.32 Å². The average Bonchev–Trinajstić information content (AvgIpc) is 2.83. The van der Waals surface area contributed by atoms with Crippen LogP contribution in [-0.2, 0) is 0 Å². The third-order valence-electron chi connectivity index (χ3n) is 3.30. The maximum atomic E-state index is 4.35. The minimum Gasteiger partial charge on any atom is -0.316 e. The second-order valence-corrected chi connectivity index (χ2v) is 5.22. The highest BCUT2D eigenvalue weighted by Crippen LogP contribution is 2.30. The van der Waals surface area contributed by atoms with Crippen LogP contribution in [0.1, 0.15) is 37.8 Å². The fraction of sp³-hybridized carbons (Fsp3) is 0.615. The highest BCUT2D eigenvalue weighted by atomic mass is 32.1. The van der Waals surface area contributed by atoms with E-state index in [1.165, 1.54) is 37.7 Å². The summed E-state index contributed by atoms with van der Waals surface area (Å²) < 4.78 is 0. The first-order valence-electron chi connectivity index (χ1n) is 6.13. The standard InChI is InChI=1S/C13H20N2S/c1-14-8-12(7-13-9-16-10-15-13)11-5-3-2-4-6-11/h7,9-11,14H,2-6,8H2,1H3. The van der Waals surface area contributed by atoms with Crippen LogP contribution in [0.3, 0.4) is 0 Å². The normalized spacial score (nSPS) is 18.9. The van der Waals surface area contributed by atoms with Crippen LogP contribution in [-0.4, -0.2) is 18.6 Å². The Hall–Kier alpha value is -0.670. The van der Waals surface area contributed by atoms with Gasteiger partial charge in [0.2, 0.25) is 0 Å². The third kappa shape index (κ3) is 3.16. The summed E-state index contributed by atoms with van der Waals surface area (Å²) >= 11 is 1.67. The zero-order chi connectivity index (χ0) is 11.2. The van der Waals surface area contributed by atoms with Crippen LogP contribution in [0.4, 0.5) is 0 Å². The number of nitrogens with zero attached hydrogens (tertiary/aromatic N) is 1. The second-order valence-electron chi connectivity index (χ2n) is 4.50. The molecule has 1 saturated carbocycles. The number of rotatable bonds is 4. The lowest BCUT2D eigenvalue weighted by Crippen LogP contribution is -2.19. The summed E-state index contributed by atoms with van der Waals surface area (Å²) in [5.74, 6) is 0.780. The van der Waals surface area contributed by atoms with Crippen LogP contribution in [0.5, 0.6) is 0 Å². The van der Waals surface area contributed by atoms with Gasteiger partial charge in [-0.1, -0.05) is 24.8 Å². The summed E-state index contributed by atoms with van der Waals surface area (Å²) in [7, 11) is 2.03. The Bertz CT molecular complexity index is 324. The highest BCUT2D eigenvalue weighted by molar-refractivity contribution is 7.07. The van der Waals surface area contributed by atoms with Gasteiger partial charge in [-0.25, -0.2) is 4.98 Å². The molecule has 1 aromatic heterocycles. The first kappa shape index (κ1) is 11.8. The Kier molecular flexibility index (Phi) is 4.55. The maximum absolute atomic E-state index is 4.35. The van der Waals surface area contributed by atoms with E-state index >= 15 is 0 Å². The molecule has 3 heteroatoms. The largest absolute Gasteiger partial charge is 0.316 e. The molecule has 0 spiro atoms. The maximum Gasteiger partial charge on any atom is 0.0798 e. The highest BCUT2D eigenvalue weighted by Gasteiger charge is 2.17. The number of hydrogen-bond donors (Lipinski definition) is 1. The molecule has 0 aromatic carbocycles. The number of aromatic nitrogens is 1. The molecule has 0 amide bonds. The predicted molar refractivity (Wildman–Crippen MR) is 70.6 cm³/mol. The summed E-state index contributed by atoms with van der Waals surface area (Å²) in [5, 5.41) is 5.41. The molecule has 0 saturated heterocycles. The van der Waals surface area contributed by atoms with Crippen LogP contribution in [0, 0.1) is 5.92 Å². The van der Waals surface area contributed by atoms with Crippen molar-refractivity contribution in [2.24, 2.45) is 5.92 Å². The van der Waals surface area contributed by atoms with E-state index in [2.05, 4.69) is 21.8 Å². The lowest BCUT2D eigenvalue weighted by atomic mass is 9.83. The van der Waals surface area contributed by atoms with Crippen molar-refractivity contribution in [2.75, 3.05) is 13.6 Å². The summed E-state index contributed by atoms with van der Waals surface area (Å²) in [6, 6.07) is 0. The quantitative estimate of drug-likeness (QED) is 0.867. The van der Waals surface area contributed by atoms with Gasteiger partial charge >= 0.3 is 0 Å². The van der Waals surface area contributed by atoms with Crippen LogP contribution in [0.25, 0.3) is 6.08 Å². The van der Waals surface area contributed by atoms with Crippen LogP contribution >= 0.6 is 11.3 Å². The van der Waals surface area contributed by atoms with Gasteiger partial charge in [0, 0.05) is 11.9 Å². The number of nitrogens with one attached hydrogen (secondary N) is 1. The molecule has 0 bridgehead atoms. The second kappa shape index (κ2) is 6.16. The fourth-order valence-corrected chi connectivity index (χ4v) is 2.99. The average molecular weight is 236 g/mol. The van der Waals surface area contributed by atoms with Gasteiger partial charge in [0.25, 0.3) is 0 Å². The van der Waals surface area contributed by atoms with Crippen molar-refractivity contribution in [3.05, 3.63) is 22.2 Å². The summed E-state index contributed by atoms with van der Waals surface area (Å²) in [6.07, 6.45) is 9.20. The van der Waals surface area contributed by atoms with Gasteiger partial charge in [-0.3, -0.25) is 0 Å². The molecule has 1 fully saturated rings. The van der Waals surface area contributed by atoms with Gasteiger partial charge in [-0.2, -0.15) is 0 Å². The van der Waals surface area contributed by atoms with E-state index in [1.54, 1.807) is 11.3 Å². The molecular weight excluding hydrogens is 216 g/mol. The summed E-state index contributed by atoms with van der Waals surface area (Å²) in [5.41, 5.74) is 4.57. The van der Waals surface area contributed by atoms with Gasteiger partial charge in [0.05, 0.1) is 11.2 Å². The zero-order valence-corrected chi connectivity index (χ0v) is 10.7. The minimum absolute atomic E-state index is 0.780. The molecular formula is C13H20N2S. The molecule has 1 N–H and O–H groups in total. The number of likely N-dealkylation sites (N-methyl/N-ethyl adjacent to an activating group) is 1. The van der Waals surface area contributed by atoms with Crippen molar-refractivity contribution >= 4 is 17.4 Å². The molecule has 0 aliphatic heterocycles. The van der Waals surface area contributed by atoms with Crippen molar-refractivity contribution in [1.82, 2.24) is 10.3 Å². The van der Waals surface area contributed by atoms with Crippen molar-refractivity contribution < 1.29 is 0 Å². The Labute approximate surface area is 102 Å². The number of thiazole rings is 1. The molecule has 88 valence electrons. The van der Waals surface area contributed by atoms with Crippen molar-refractivity contribution in [2.45, 2.75) is 32.1 Å². The Morgan fingerprint density at radius 2 is 2.31 bits per heavy atom. The molecule has 0 atom stereocenters. The summed E-state index contributed by atoms with van der Waals surface area (Å²) in [4.78, 5) is 4.35.